The summed E-state index contributed by atoms with van der Waals surface area (Å²) in [6.45, 7) is 5.93. The Morgan fingerprint density at radius 3 is 2.50 bits per heavy atom. The molecule has 0 saturated heterocycles. The van der Waals surface area contributed by atoms with Crippen molar-refractivity contribution in [2.45, 2.75) is 39.8 Å². The highest BCUT2D eigenvalue weighted by molar-refractivity contribution is 5.79. The summed E-state index contributed by atoms with van der Waals surface area (Å²) in [6, 6.07) is 0. The maximum absolute atomic E-state index is 13.6. The molecular weight excluding hydrogens is 183 g/mol. The van der Waals surface area contributed by atoms with Crippen LogP contribution in [0.4, 0.5) is 4.39 Å². The van der Waals surface area contributed by atoms with E-state index in [9.17, 15) is 9.18 Å². The fraction of sp³-hybridized carbons (Fsp3) is 0.909. The van der Waals surface area contributed by atoms with Crippen molar-refractivity contribution in [3.63, 3.8) is 0 Å². The molecule has 1 fully saturated rings. The number of esters is 1. The number of hydrogen-bond acceptors (Lipinski definition) is 2. The van der Waals surface area contributed by atoms with Crippen LogP contribution in [-0.2, 0) is 9.53 Å². The first-order chi connectivity index (χ1) is 6.45. The van der Waals surface area contributed by atoms with Crippen molar-refractivity contribution < 1.29 is 13.9 Å². The van der Waals surface area contributed by atoms with Gasteiger partial charge in [0, 0.05) is 0 Å². The smallest absolute Gasteiger partial charge is 0.315 e. The van der Waals surface area contributed by atoms with Crippen LogP contribution in [0.1, 0.15) is 33.6 Å². The van der Waals surface area contributed by atoms with Crippen LogP contribution in [0.25, 0.3) is 0 Å². The third kappa shape index (κ3) is 1.53. The fourth-order valence-corrected chi connectivity index (χ4v) is 2.49. The molecule has 0 bridgehead atoms. The number of ether oxygens (including phenoxy) is 1. The van der Waals surface area contributed by atoms with Crippen LogP contribution in [0, 0.1) is 17.3 Å². The van der Waals surface area contributed by atoms with Crippen LogP contribution in [-0.4, -0.2) is 19.3 Å². The van der Waals surface area contributed by atoms with E-state index in [4.69, 9.17) is 4.74 Å². The number of rotatable bonds is 3. The van der Waals surface area contributed by atoms with Crippen LogP contribution >= 0.6 is 0 Å². The standard InChI is InChI=1S/C11H19FO2/c1-7(2)6-11(10(13)14-4)8(3)5-9(11)12/h7-9H,5-6H2,1-4H3. The Kier molecular flexibility index (Phi) is 3.17. The van der Waals surface area contributed by atoms with E-state index in [2.05, 4.69) is 0 Å². The molecule has 3 unspecified atom stereocenters. The van der Waals surface area contributed by atoms with E-state index in [1.54, 1.807) is 0 Å². The Bertz CT molecular complexity index is 217. The van der Waals surface area contributed by atoms with Crippen LogP contribution in [0.2, 0.25) is 0 Å². The number of carbonyl (C=O) groups is 1. The molecule has 0 spiro atoms. The van der Waals surface area contributed by atoms with Gasteiger partial charge in [0.15, 0.2) is 0 Å². The first-order valence-corrected chi connectivity index (χ1v) is 5.17. The normalized spacial score (nSPS) is 36.7. The first kappa shape index (κ1) is 11.5. The van der Waals surface area contributed by atoms with E-state index in [0.29, 0.717) is 18.8 Å². The van der Waals surface area contributed by atoms with E-state index in [-0.39, 0.29) is 11.9 Å². The molecular formula is C11H19FO2. The Balaban J connectivity index is 2.84. The number of halogens is 1. The minimum Gasteiger partial charge on any atom is -0.469 e. The highest BCUT2D eigenvalue weighted by atomic mass is 19.1. The lowest BCUT2D eigenvalue weighted by Crippen LogP contribution is -2.56. The van der Waals surface area contributed by atoms with Gasteiger partial charge in [-0.3, -0.25) is 4.79 Å². The van der Waals surface area contributed by atoms with E-state index in [1.165, 1.54) is 7.11 Å². The second kappa shape index (κ2) is 3.87. The third-order valence-electron chi connectivity index (χ3n) is 3.31. The molecule has 0 heterocycles. The van der Waals surface area contributed by atoms with Gasteiger partial charge in [-0.25, -0.2) is 4.39 Å². The van der Waals surface area contributed by atoms with Crippen molar-refractivity contribution in [2.75, 3.05) is 7.11 Å². The molecule has 3 atom stereocenters. The molecule has 82 valence electrons. The maximum atomic E-state index is 13.6. The lowest BCUT2D eigenvalue weighted by molar-refractivity contribution is -0.179. The molecule has 0 N–H and O–H groups in total. The summed E-state index contributed by atoms with van der Waals surface area (Å²) in [5.74, 6) is 0.0416. The number of hydrogen-bond donors (Lipinski definition) is 0. The van der Waals surface area contributed by atoms with Gasteiger partial charge in [-0.1, -0.05) is 20.8 Å². The molecule has 0 aromatic heterocycles. The van der Waals surface area contributed by atoms with E-state index in [1.807, 2.05) is 20.8 Å². The number of methoxy groups -OCH3 is 1. The Hall–Kier alpha value is -0.600. The molecule has 0 amide bonds. The second-order valence-electron chi connectivity index (χ2n) is 4.73. The minimum absolute atomic E-state index is 0.104. The topological polar surface area (TPSA) is 26.3 Å². The minimum atomic E-state index is -1.02. The summed E-state index contributed by atoms with van der Waals surface area (Å²) < 4.78 is 18.3. The Morgan fingerprint density at radius 2 is 2.21 bits per heavy atom. The summed E-state index contributed by atoms with van der Waals surface area (Å²) in [5.41, 5.74) is -0.858. The first-order valence-electron chi connectivity index (χ1n) is 5.17. The van der Waals surface area contributed by atoms with Gasteiger partial charge in [0.25, 0.3) is 0 Å². The summed E-state index contributed by atoms with van der Waals surface area (Å²) in [4.78, 5) is 11.6. The van der Waals surface area contributed by atoms with Crippen molar-refractivity contribution in [1.82, 2.24) is 0 Å². The molecule has 1 aliphatic carbocycles. The van der Waals surface area contributed by atoms with Crippen molar-refractivity contribution in [3.8, 4) is 0 Å². The summed E-state index contributed by atoms with van der Waals surface area (Å²) in [7, 11) is 1.34. The zero-order valence-electron chi connectivity index (χ0n) is 9.34. The summed E-state index contributed by atoms with van der Waals surface area (Å²) in [5, 5.41) is 0. The zero-order valence-corrected chi connectivity index (χ0v) is 9.34. The van der Waals surface area contributed by atoms with Crippen LogP contribution in [0.15, 0.2) is 0 Å². The average Bonchev–Trinajstić information content (AvgIpc) is 2.12. The molecule has 3 heteroatoms. The van der Waals surface area contributed by atoms with Crippen molar-refractivity contribution >= 4 is 5.97 Å². The monoisotopic (exact) mass is 202 g/mol. The molecule has 0 radical (unpaired) electrons. The molecule has 14 heavy (non-hydrogen) atoms. The molecule has 1 aliphatic rings. The van der Waals surface area contributed by atoms with Crippen LogP contribution in [0.3, 0.4) is 0 Å². The van der Waals surface area contributed by atoms with Gasteiger partial charge in [0.2, 0.25) is 0 Å². The van der Waals surface area contributed by atoms with Gasteiger partial charge in [-0.15, -0.1) is 0 Å². The SMILES string of the molecule is COC(=O)C1(CC(C)C)C(C)CC1F. The van der Waals surface area contributed by atoms with Crippen molar-refractivity contribution in [3.05, 3.63) is 0 Å². The molecule has 0 aromatic carbocycles. The van der Waals surface area contributed by atoms with Gasteiger partial charge < -0.3 is 4.74 Å². The highest BCUT2D eigenvalue weighted by Crippen LogP contribution is 2.53. The van der Waals surface area contributed by atoms with Crippen LogP contribution < -0.4 is 0 Å². The van der Waals surface area contributed by atoms with Gasteiger partial charge in [-0.2, -0.15) is 0 Å². The zero-order chi connectivity index (χ0) is 10.9. The lowest BCUT2D eigenvalue weighted by Gasteiger charge is -2.49. The lowest BCUT2D eigenvalue weighted by atomic mass is 9.56. The molecule has 0 aliphatic heterocycles. The highest BCUT2D eigenvalue weighted by Gasteiger charge is 2.59. The number of alkyl halides is 1. The Labute approximate surface area is 84.8 Å². The van der Waals surface area contributed by atoms with Crippen LogP contribution in [0.5, 0.6) is 0 Å². The van der Waals surface area contributed by atoms with E-state index < -0.39 is 11.6 Å². The van der Waals surface area contributed by atoms with Gasteiger partial charge >= 0.3 is 5.97 Å². The summed E-state index contributed by atoms with van der Waals surface area (Å²) >= 11 is 0. The van der Waals surface area contributed by atoms with Crippen molar-refractivity contribution in [1.29, 1.82) is 0 Å². The molecule has 0 aromatic rings. The predicted octanol–water partition coefficient (Wildman–Crippen LogP) is 2.57. The molecule has 1 saturated carbocycles. The number of carbonyl (C=O) groups excluding carboxylic acids is 1. The van der Waals surface area contributed by atoms with E-state index in [0.717, 1.165) is 0 Å². The van der Waals surface area contributed by atoms with E-state index >= 15 is 0 Å². The van der Waals surface area contributed by atoms with Crippen molar-refractivity contribution in [2.24, 2.45) is 17.3 Å². The molecule has 1 rings (SSSR count). The average molecular weight is 202 g/mol. The summed E-state index contributed by atoms with van der Waals surface area (Å²) in [6.07, 6.45) is 0.0523. The van der Waals surface area contributed by atoms with Gasteiger partial charge in [0.1, 0.15) is 11.6 Å². The maximum Gasteiger partial charge on any atom is 0.315 e. The molecule has 2 nitrogen and oxygen atoms in total. The quantitative estimate of drug-likeness (QED) is 0.657. The third-order valence-corrected chi connectivity index (χ3v) is 3.31. The fourth-order valence-electron chi connectivity index (χ4n) is 2.49. The second-order valence-corrected chi connectivity index (χ2v) is 4.73. The largest absolute Gasteiger partial charge is 0.469 e. The van der Waals surface area contributed by atoms with Gasteiger partial charge in [-0.05, 0) is 24.7 Å². The predicted molar refractivity (Wildman–Crippen MR) is 52.6 cm³/mol. The van der Waals surface area contributed by atoms with Gasteiger partial charge in [0.05, 0.1) is 7.11 Å². The Morgan fingerprint density at radius 1 is 1.64 bits per heavy atom.